The first-order chi connectivity index (χ1) is 9.45. The summed E-state index contributed by atoms with van der Waals surface area (Å²) in [6.07, 6.45) is 0. The summed E-state index contributed by atoms with van der Waals surface area (Å²) in [5, 5.41) is 10.7. The highest BCUT2D eigenvalue weighted by Crippen LogP contribution is 2.23. The second kappa shape index (κ2) is 5.61. The molecule has 0 unspecified atom stereocenters. The molecule has 104 valence electrons. The Bertz CT molecular complexity index is 633. The van der Waals surface area contributed by atoms with Crippen LogP contribution in [0.25, 0.3) is 0 Å². The Morgan fingerprint density at radius 3 is 2.35 bits per heavy atom. The Labute approximate surface area is 117 Å². The number of hydrogen-bond donors (Lipinski definition) is 1. The predicted molar refractivity (Wildman–Crippen MR) is 77.8 cm³/mol. The minimum atomic E-state index is -0.496. The third-order valence-electron chi connectivity index (χ3n) is 2.89. The van der Waals surface area contributed by atoms with Gasteiger partial charge in [-0.05, 0) is 54.8 Å². The minimum Gasteiger partial charge on any atom is -0.489 e. The summed E-state index contributed by atoms with van der Waals surface area (Å²) in [5.74, 6) is 0.777. The lowest BCUT2D eigenvalue weighted by molar-refractivity contribution is -0.383. The van der Waals surface area contributed by atoms with Gasteiger partial charge in [-0.25, -0.2) is 0 Å². The van der Waals surface area contributed by atoms with E-state index in [1.54, 1.807) is 12.1 Å². The van der Waals surface area contributed by atoms with E-state index >= 15 is 0 Å². The van der Waals surface area contributed by atoms with Crippen LogP contribution in [-0.2, 0) is 6.61 Å². The van der Waals surface area contributed by atoms with Crippen LogP contribution in [0.4, 0.5) is 11.4 Å². The van der Waals surface area contributed by atoms with Gasteiger partial charge in [0.15, 0.2) is 0 Å². The third-order valence-corrected chi connectivity index (χ3v) is 2.89. The lowest BCUT2D eigenvalue weighted by atomic mass is 10.1. The Balaban J connectivity index is 2.11. The summed E-state index contributed by atoms with van der Waals surface area (Å²) in [7, 11) is 0. The van der Waals surface area contributed by atoms with Gasteiger partial charge in [0.25, 0.3) is 5.69 Å². The summed E-state index contributed by atoms with van der Waals surface area (Å²) >= 11 is 0. The van der Waals surface area contributed by atoms with Gasteiger partial charge in [-0.15, -0.1) is 0 Å². The highest BCUT2D eigenvalue weighted by molar-refractivity contribution is 5.59. The van der Waals surface area contributed by atoms with Gasteiger partial charge >= 0.3 is 0 Å². The van der Waals surface area contributed by atoms with Crippen LogP contribution in [0.5, 0.6) is 5.75 Å². The summed E-state index contributed by atoms with van der Waals surface area (Å²) < 4.78 is 5.68. The van der Waals surface area contributed by atoms with E-state index in [2.05, 4.69) is 6.07 Å². The van der Waals surface area contributed by atoms with Crippen LogP contribution >= 0.6 is 0 Å². The summed E-state index contributed by atoms with van der Waals surface area (Å²) in [5.41, 5.74) is 8.76. The Morgan fingerprint density at radius 1 is 1.15 bits per heavy atom. The quantitative estimate of drug-likeness (QED) is 0.525. The van der Waals surface area contributed by atoms with Crippen molar-refractivity contribution in [3.8, 4) is 5.75 Å². The molecule has 0 aliphatic heterocycles. The number of anilines is 1. The van der Waals surface area contributed by atoms with Crippen LogP contribution in [-0.4, -0.2) is 4.92 Å². The summed E-state index contributed by atoms with van der Waals surface area (Å²) in [6.45, 7) is 4.33. The average molecular weight is 272 g/mol. The molecule has 0 aliphatic carbocycles. The van der Waals surface area contributed by atoms with Crippen molar-refractivity contribution in [3.63, 3.8) is 0 Å². The molecule has 0 aliphatic rings. The lowest BCUT2D eigenvalue weighted by Gasteiger charge is -2.09. The highest BCUT2D eigenvalue weighted by Gasteiger charge is 2.11. The fourth-order valence-electron chi connectivity index (χ4n) is 2.04. The first kappa shape index (κ1) is 13.9. The monoisotopic (exact) mass is 272 g/mol. The lowest BCUT2D eigenvalue weighted by Crippen LogP contribution is -2.00. The van der Waals surface area contributed by atoms with Crippen molar-refractivity contribution in [2.75, 3.05) is 5.73 Å². The summed E-state index contributed by atoms with van der Waals surface area (Å²) in [6, 6.07) is 10.6. The predicted octanol–water partition coefficient (Wildman–Crippen LogP) is 3.37. The van der Waals surface area contributed by atoms with E-state index in [1.165, 1.54) is 6.07 Å². The molecule has 0 bridgehead atoms. The van der Waals surface area contributed by atoms with E-state index in [-0.39, 0.29) is 11.4 Å². The number of hydrogen-bond acceptors (Lipinski definition) is 4. The molecule has 0 radical (unpaired) electrons. The number of ether oxygens (including phenoxy) is 1. The van der Waals surface area contributed by atoms with E-state index in [0.717, 1.165) is 22.4 Å². The van der Waals surface area contributed by atoms with Crippen LogP contribution < -0.4 is 10.5 Å². The van der Waals surface area contributed by atoms with Gasteiger partial charge in [0.05, 0.1) is 4.92 Å². The normalized spacial score (nSPS) is 10.3. The molecule has 5 nitrogen and oxygen atoms in total. The maximum Gasteiger partial charge on any atom is 0.292 e. The Morgan fingerprint density at radius 2 is 1.80 bits per heavy atom. The minimum absolute atomic E-state index is 0.0832. The van der Waals surface area contributed by atoms with Crippen molar-refractivity contribution in [2.24, 2.45) is 0 Å². The van der Waals surface area contributed by atoms with Crippen LogP contribution in [0.2, 0.25) is 0 Å². The first-order valence-electron chi connectivity index (χ1n) is 6.19. The standard InChI is InChI=1S/C15H16N2O3/c1-10-5-11(2)7-13(6-10)20-9-12-3-4-15(17(18)19)14(16)8-12/h3-8H,9,16H2,1-2H3. The number of nitrogens with zero attached hydrogens (tertiary/aromatic N) is 1. The number of rotatable bonds is 4. The second-order valence-corrected chi connectivity index (χ2v) is 4.76. The van der Waals surface area contributed by atoms with Crippen LogP contribution in [0.15, 0.2) is 36.4 Å². The number of nitrogen functional groups attached to an aromatic ring is 1. The number of benzene rings is 2. The Hall–Kier alpha value is -2.56. The van der Waals surface area contributed by atoms with E-state index in [1.807, 2.05) is 26.0 Å². The van der Waals surface area contributed by atoms with E-state index < -0.39 is 4.92 Å². The van der Waals surface area contributed by atoms with Gasteiger partial charge < -0.3 is 10.5 Å². The molecule has 0 saturated carbocycles. The molecule has 0 spiro atoms. The molecule has 0 atom stereocenters. The fourth-order valence-corrected chi connectivity index (χ4v) is 2.04. The van der Waals surface area contributed by atoms with Crippen molar-refractivity contribution in [2.45, 2.75) is 20.5 Å². The zero-order chi connectivity index (χ0) is 14.7. The third kappa shape index (κ3) is 3.26. The molecule has 0 saturated heterocycles. The topological polar surface area (TPSA) is 78.4 Å². The molecule has 0 aromatic heterocycles. The smallest absolute Gasteiger partial charge is 0.292 e. The molecule has 2 N–H and O–H groups in total. The molecule has 5 heteroatoms. The zero-order valence-electron chi connectivity index (χ0n) is 11.4. The van der Waals surface area contributed by atoms with Gasteiger partial charge in [-0.3, -0.25) is 10.1 Å². The molecule has 0 heterocycles. The molecule has 20 heavy (non-hydrogen) atoms. The second-order valence-electron chi connectivity index (χ2n) is 4.76. The Kier molecular flexibility index (Phi) is 3.89. The van der Waals surface area contributed by atoms with Crippen LogP contribution in [0, 0.1) is 24.0 Å². The summed E-state index contributed by atoms with van der Waals surface area (Å²) in [4.78, 5) is 10.2. The van der Waals surface area contributed by atoms with Crippen molar-refractivity contribution < 1.29 is 9.66 Å². The molecule has 2 aromatic rings. The van der Waals surface area contributed by atoms with Crippen LogP contribution in [0.3, 0.4) is 0 Å². The molecule has 0 fully saturated rings. The van der Waals surface area contributed by atoms with Crippen molar-refractivity contribution >= 4 is 11.4 Å². The number of nitro benzene ring substituents is 1. The molecular weight excluding hydrogens is 256 g/mol. The van der Waals surface area contributed by atoms with Crippen molar-refractivity contribution in [1.29, 1.82) is 0 Å². The molecular formula is C15H16N2O3. The van der Waals surface area contributed by atoms with Gasteiger partial charge in [-0.2, -0.15) is 0 Å². The van der Waals surface area contributed by atoms with Crippen molar-refractivity contribution in [3.05, 3.63) is 63.2 Å². The van der Waals surface area contributed by atoms with Crippen molar-refractivity contribution in [1.82, 2.24) is 0 Å². The average Bonchev–Trinajstić information content (AvgIpc) is 2.35. The van der Waals surface area contributed by atoms with Gasteiger partial charge in [-0.1, -0.05) is 6.07 Å². The zero-order valence-corrected chi connectivity index (χ0v) is 11.4. The molecule has 2 rings (SSSR count). The van der Waals surface area contributed by atoms with Crippen LogP contribution in [0.1, 0.15) is 16.7 Å². The largest absolute Gasteiger partial charge is 0.489 e. The van der Waals surface area contributed by atoms with Gasteiger partial charge in [0.1, 0.15) is 18.0 Å². The molecule has 2 aromatic carbocycles. The number of aryl methyl sites for hydroxylation is 2. The van der Waals surface area contributed by atoms with Gasteiger partial charge in [0.2, 0.25) is 0 Å². The van der Waals surface area contributed by atoms with E-state index in [9.17, 15) is 10.1 Å². The number of nitro groups is 1. The van der Waals surface area contributed by atoms with Gasteiger partial charge in [0, 0.05) is 6.07 Å². The maximum atomic E-state index is 10.7. The van der Waals surface area contributed by atoms with E-state index in [4.69, 9.17) is 10.5 Å². The maximum absolute atomic E-state index is 10.7. The number of nitrogens with two attached hydrogens (primary N) is 1. The first-order valence-corrected chi connectivity index (χ1v) is 6.19. The van der Waals surface area contributed by atoms with E-state index in [0.29, 0.717) is 6.61 Å². The molecule has 0 amide bonds. The fraction of sp³-hybridized carbons (Fsp3) is 0.200. The highest BCUT2D eigenvalue weighted by atomic mass is 16.6. The SMILES string of the molecule is Cc1cc(C)cc(OCc2ccc([N+](=O)[O-])c(N)c2)c1.